The quantitative estimate of drug-likeness (QED) is 0.819. The second kappa shape index (κ2) is 6.68. The van der Waals surface area contributed by atoms with Gasteiger partial charge in [0.25, 0.3) is 0 Å². The molecule has 0 heterocycles. The van der Waals surface area contributed by atoms with Gasteiger partial charge in [-0.15, -0.1) is 0 Å². The van der Waals surface area contributed by atoms with Crippen molar-refractivity contribution in [2.75, 3.05) is 0 Å². The van der Waals surface area contributed by atoms with E-state index in [1.807, 2.05) is 0 Å². The minimum atomic E-state index is 0.624. The Labute approximate surface area is 111 Å². The third-order valence-corrected chi connectivity index (χ3v) is 4.56. The summed E-state index contributed by atoms with van der Waals surface area (Å²) >= 11 is 0. The minimum Gasteiger partial charge on any atom is -0.326 e. The van der Waals surface area contributed by atoms with Crippen molar-refractivity contribution < 1.29 is 0 Å². The summed E-state index contributed by atoms with van der Waals surface area (Å²) in [5.41, 5.74) is 8.55. The molecule has 0 saturated carbocycles. The number of aryl methyl sites for hydroxylation is 1. The maximum absolute atomic E-state index is 5.81. The van der Waals surface area contributed by atoms with E-state index >= 15 is 0 Å². The van der Waals surface area contributed by atoms with E-state index in [-0.39, 0.29) is 0 Å². The van der Waals surface area contributed by atoms with Gasteiger partial charge in [-0.2, -0.15) is 0 Å². The molecular formula is C16H20NP. The summed E-state index contributed by atoms with van der Waals surface area (Å²) in [6.45, 7) is 2.85. The van der Waals surface area contributed by atoms with Crippen molar-refractivity contribution in [2.45, 2.75) is 26.3 Å². The fraction of sp³-hybridized carbons (Fsp3) is 0.250. The normalized spacial score (nSPS) is 11.2. The lowest BCUT2D eigenvalue weighted by Gasteiger charge is -2.11. The van der Waals surface area contributed by atoms with Crippen LogP contribution in [0.1, 0.15) is 24.5 Å². The Kier molecular flexibility index (Phi) is 4.92. The van der Waals surface area contributed by atoms with E-state index in [0.29, 0.717) is 15.1 Å². The van der Waals surface area contributed by atoms with Crippen LogP contribution in [0, 0.1) is 0 Å². The summed E-state index contributed by atoms with van der Waals surface area (Å²) in [5, 5.41) is 2.84. The van der Waals surface area contributed by atoms with Crippen LogP contribution in [0.5, 0.6) is 0 Å². The topological polar surface area (TPSA) is 26.0 Å². The molecule has 0 aromatic heterocycles. The minimum absolute atomic E-state index is 0.624. The lowest BCUT2D eigenvalue weighted by Crippen LogP contribution is -2.14. The maximum Gasteiger partial charge on any atom is 0.0184 e. The fourth-order valence-electron chi connectivity index (χ4n) is 2.09. The van der Waals surface area contributed by atoms with Crippen LogP contribution in [-0.2, 0) is 13.0 Å². The first-order valence-electron chi connectivity index (χ1n) is 6.48. The zero-order valence-corrected chi connectivity index (χ0v) is 11.8. The zero-order chi connectivity index (χ0) is 12.8. The SMILES string of the molecule is CCCc1ccccc1Pc1ccccc1CN. The standard InChI is InChI=1S/C16H20NP/c1-2-7-13-8-3-5-10-15(13)18-16-11-6-4-9-14(16)12-17/h3-6,8-11,18H,2,7,12,17H2,1H3. The van der Waals surface area contributed by atoms with Crippen LogP contribution in [0.3, 0.4) is 0 Å². The Balaban J connectivity index is 2.28. The molecule has 0 fully saturated rings. The summed E-state index contributed by atoms with van der Waals surface area (Å²) < 4.78 is 0. The van der Waals surface area contributed by atoms with Gasteiger partial charge in [-0.1, -0.05) is 70.5 Å². The molecule has 0 radical (unpaired) electrons. The molecule has 0 spiro atoms. The van der Waals surface area contributed by atoms with Gasteiger partial charge >= 0.3 is 0 Å². The summed E-state index contributed by atoms with van der Waals surface area (Å²) in [6, 6.07) is 17.3. The summed E-state index contributed by atoms with van der Waals surface area (Å²) in [7, 11) is 0.711. The van der Waals surface area contributed by atoms with Gasteiger partial charge in [-0.05, 0) is 28.2 Å². The average molecular weight is 257 g/mol. The van der Waals surface area contributed by atoms with E-state index in [2.05, 4.69) is 55.5 Å². The van der Waals surface area contributed by atoms with Gasteiger partial charge in [0.2, 0.25) is 0 Å². The predicted molar refractivity (Wildman–Crippen MR) is 82.4 cm³/mol. The van der Waals surface area contributed by atoms with Gasteiger partial charge in [-0.25, -0.2) is 0 Å². The molecule has 2 heteroatoms. The highest BCUT2D eigenvalue weighted by molar-refractivity contribution is 7.55. The zero-order valence-electron chi connectivity index (χ0n) is 10.8. The molecule has 18 heavy (non-hydrogen) atoms. The largest absolute Gasteiger partial charge is 0.326 e. The molecule has 2 aromatic carbocycles. The van der Waals surface area contributed by atoms with Gasteiger partial charge < -0.3 is 5.73 Å². The second-order valence-electron chi connectivity index (χ2n) is 4.39. The van der Waals surface area contributed by atoms with E-state index in [4.69, 9.17) is 5.73 Å². The second-order valence-corrected chi connectivity index (χ2v) is 5.72. The number of rotatable bonds is 5. The Bertz CT molecular complexity index is 508. The van der Waals surface area contributed by atoms with Gasteiger partial charge in [0.05, 0.1) is 0 Å². The molecular weight excluding hydrogens is 237 g/mol. The van der Waals surface area contributed by atoms with Crippen LogP contribution in [0.2, 0.25) is 0 Å². The number of nitrogens with two attached hydrogens (primary N) is 1. The highest BCUT2D eigenvalue weighted by Crippen LogP contribution is 2.17. The van der Waals surface area contributed by atoms with Crippen LogP contribution in [0.25, 0.3) is 0 Å². The molecule has 0 aliphatic rings. The van der Waals surface area contributed by atoms with Crippen molar-refractivity contribution in [1.82, 2.24) is 0 Å². The molecule has 0 aliphatic carbocycles. The number of hydrogen-bond acceptors (Lipinski definition) is 1. The Morgan fingerprint density at radius 2 is 1.44 bits per heavy atom. The van der Waals surface area contributed by atoms with Crippen LogP contribution < -0.4 is 16.3 Å². The first-order chi connectivity index (χ1) is 8.85. The van der Waals surface area contributed by atoms with Gasteiger partial charge in [-0.3, -0.25) is 0 Å². The van der Waals surface area contributed by atoms with Crippen molar-refractivity contribution in [1.29, 1.82) is 0 Å². The maximum atomic E-state index is 5.81. The Morgan fingerprint density at radius 1 is 0.889 bits per heavy atom. The molecule has 0 bridgehead atoms. The molecule has 1 nitrogen and oxygen atoms in total. The Morgan fingerprint density at radius 3 is 2.06 bits per heavy atom. The number of benzene rings is 2. The number of hydrogen-bond donors (Lipinski definition) is 1. The molecule has 2 aromatic rings. The van der Waals surface area contributed by atoms with Crippen molar-refractivity contribution in [2.24, 2.45) is 5.73 Å². The van der Waals surface area contributed by atoms with Crippen LogP contribution in [0.4, 0.5) is 0 Å². The van der Waals surface area contributed by atoms with Crippen molar-refractivity contribution in [3.8, 4) is 0 Å². The molecule has 0 aliphatic heterocycles. The van der Waals surface area contributed by atoms with Crippen LogP contribution in [-0.4, -0.2) is 0 Å². The monoisotopic (exact) mass is 257 g/mol. The highest BCUT2D eigenvalue weighted by atomic mass is 31.1. The van der Waals surface area contributed by atoms with E-state index < -0.39 is 0 Å². The molecule has 1 atom stereocenters. The smallest absolute Gasteiger partial charge is 0.0184 e. The summed E-state index contributed by atoms with van der Waals surface area (Å²) in [5.74, 6) is 0. The van der Waals surface area contributed by atoms with E-state index in [0.717, 1.165) is 6.42 Å². The van der Waals surface area contributed by atoms with Crippen molar-refractivity contribution >= 4 is 19.2 Å². The molecule has 0 amide bonds. The Hall–Kier alpha value is -1.17. The van der Waals surface area contributed by atoms with Crippen molar-refractivity contribution in [3.05, 3.63) is 59.7 Å². The molecule has 1 unspecified atom stereocenters. The summed E-state index contributed by atoms with van der Waals surface area (Å²) in [4.78, 5) is 0. The van der Waals surface area contributed by atoms with E-state index in [1.54, 1.807) is 0 Å². The molecule has 0 saturated heterocycles. The average Bonchev–Trinajstić information content (AvgIpc) is 2.42. The third kappa shape index (κ3) is 3.19. The molecule has 2 rings (SSSR count). The molecule has 2 N–H and O–H groups in total. The lowest BCUT2D eigenvalue weighted by molar-refractivity contribution is 0.927. The highest BCUT2D eigenvalue weighted by Gasteiger charge is 2.05. The summed E-state index contributed by atoms with van der Waals surface area (Å²) in [6.07, 6.45) is 2.36. The predicted octanol–water partition coefficient (Wildman–Crippen LogP) is 2.73. The molecule has 94 valence electrons. The lowest BCUT2D eigenvalue weighted by atomic mass is 10.1. The van der Waals surface area contributed by atoms with Crippen molar-refractivity contribution in [3.63, 3.8) is 0 Å². The third-order valence-electron chi connectivity index (χ3n) is 3.04. The van der Waals surface area contributed by atoms with E-state index in [9.17, 15) is 0 Å². The van der Waals surface area contributed by atoms with Crippen LogP contribution >= 0.6 is 8.58 Å². The van der Waals surface area contributed by atoms with Gasteiger partial charge in [0.15, 0.2) is 0 Å². The van der Waals surface area contributed by atoms with E-state index in [1.165, 1.54) is 28.2 Å². The first kappa shape index (κ1) is 13.3. The van der Waals surface area contributed by atoms with Gasteiger partial charge in [0, 0.05) is 6.54 Å². The van der Waals surface area contributed by atoms with Crippen LogP contribution in [0.15, 0.2) is 48.5 Å². The van der Waals surface area contributed by atoms with Gasteiger partial charge in [0.1, 0.15) is 0 Å². The first-order valence-corrected chi connectivity index (χ1v) is 7.48. The fourth-order valence-corrected chi connectivity index (χ4v) is 3.46.